The Hall–Kier alpha value is -0.920. The van der Waals surface area contributed by atoms with Gasteiger partial charge in [0.05, 0.1) is 6.20 Å². The first-order valence-corrected chi connectivity index (χ1v) is 8.11. The first kappa shape index (κ1) is 14.5. The van der Waals surface area contributed by atoms with Crippen LogP contribution < -0.4 is 4.72 Å². The minimum atomic E-state index is -3.51. The molecule has 2 rings (SSSR count). The van der Waals surface area contributed by atoms with E-state index in [0.29, 0.717) is 6.54 Å². The Bertz CT molecular complexity index is 512. The first-order valence-electron chi connectivity index (χ1n) is 6.63. The van der Waals surface area contributed by atoms with Gasteiger partial charge < -0.3 is 5.11 Å². The molecule has 1 heterocycles. The molecule has 0 radical (unpaired) electrons. The molecule has 0 spiro atoms. The molecular weight excluding hydrogens is 266 g/mol. The van der Waals surface area contributed by atoms with Crippen LogP contribution in [0.15, 0.2) is 17.3 Å². The van der Waals surface area contributed by atoms with Gasteiger partial charge in [-0.05, 0) is 30.7 Å². The van der Waals surface area contributed by atoms with E-state index >= 15 is 0 Å². The molecule has 1 fully saturated rings. The van der Waals surface area contributed by atoms with Gasteiger partial charge in [-0.2, -0.15) is 5.10 Å². The van der Waals surface area contributed by atoms with Gasteiger partial charge in [0.1, 0.15) is 0 Å². The molecule has 0 aliphatic heterocycles. The molecule has 0 aromatic carbocycles. The van der Waals surface area contributed by atoms with Crippen molar-refractivity contribution in [3.8, 4) is 0 Å². The standard InChI is InChI=1S/C12H21N3O3S/c1-15-12(6-7-13-15)19(17,18)14-8-10-4-2-3-5-11(10)9-16/h6-7,10-11,14,16H,2-5,8-9H2,1H3. The topological polar surface area (TPSA) is 84.2 Å². The lowest BCUT2D eigenvalue weighted by Gasteiger charge is -2.30. The second-order valence-corrected chi connectivity index (χ2v) is 6.85. The molecule has 2 unspecified atom stereocenters. The third-order valence-electron chi connectivity index (χ3n) is 3.89. The highest BCUT2D eigenvalue weighted by atomic mass is 32.2. The van der Waals surface area contributed by atoms with Crippen LogP contribution in [-0.2, 0) is 17.1 Å². The van der Waals surface area contributed by atoms with E-state index in [1.165, 1.54) is 16.9 Å². The van der Waals surface area contributed by atoms with Crippen LogP contribution in [0.4, 0.5) is 0 Å². The van der Waals surface area contributed by atoms with Gasteiger partial charge in [0, 0.05) is 20.2 Å². The van der Waals surface area contributed by atoms with E-state index in [1.807, 2.05) is 0 Å². The number of aromatic nitrogens is 2. The van der Waals surface area contributed by atoms with Gasteiger partial charge in [0.25, 0.3) is 10.0 Å². The van der Waals surface area contributed by atoms with Gasteiger partial charge in [-0.25, -0.2) is 13.1 Å². The molecule has 6 nitrogen and oxygen atoms in total. The van der Waals surface area contributed by atoms with Gasteiger partial charge in [-0.1, -0.05) is 12.8 Å². The maximum absolute atomic E-state index is 12.1. The highest BCUT2D eigenvalue weighted by molar-refractivity contribution is 7.89. The van der Waals surface area contributed by atoms with Crippen LogP contribution in [-0.4, -0.2) is 36.5 Å². The van der Waals surface area contributed by atoms with Crippen molar-refractivity contribution >= 4 is 10.0 Å². The summed E-state index contributed by atoms with van der Waals surface area (Å²) in [5.41, 5.74) is 0. The average Bonchev–Trinajstić information content (AvgIpc) is 2.84. The van der Waals surface area contributed by atoms with Crippen LogP contribution in [0.25, 0.3) is 0 Å². The van der Waals surface area contributed by atoms with Crippen LogP contribution in [0.5, 0.6) is 0 Å². The molecule has 2 atom stereocenters. The van der Waals surface area contributed by atoms with Crippen molar-refractivity contribution in [2.45, 2.75) is 30.7 Å². The number of aryl methyl sites for hydroxylation is 1. The van der Waals surface area contributed by atoms with Crippen molar-refractivity contribution in [1.82, 2.24) is 14.5 Å². The van der Waals surface area contributed by atoms with E-state index in [9.17, 15) is 13.5 Å². The summed E-state index contributed by atoms with van der Waals surface area (Å²) in [7, 11) is -1.91. The normalized spacial score (nSPS) is 24.5. The first-order chi connectivity index (χ1) is 9.04. The largest absolute Gasteiger partial charge is 0.396 e. The van der Waals surface area contributed by atoms with Gasteiger partial charge >= 0.3 is 0 Å². The fourth-order valence-corrected chi connectivity index (χ4v) is 3.93. The maximum atomic E-state index is 12.1. The molecule has 1 aromatic heterocycles. The van der Waals surface area contributed by atoms with Gasteiger partial charge in [0.15, 0.2) is 5.03 Å². The molecule has 2 N–H and O–H groups in total. The number of rotatable bonds is 5. The molecule has 19 heavy (non-hydrogen) atoms. The summed E-state index contributed by atoms with van der Waals surface area (Å²) < 4.78 is 28.2. The lowest BCUT2D eigenvalue weighted by molar-refractivity contribution is 0.136. The molecule has 7 heteroatoms. The fourth-order valence-electron chi connectivity index (χ4n) is 2.71. The fraction of sp³-hybridized carbons (Fsp3) is 0.750. The highest BCUT2D eigenvalue weighted by Gasteiger charge is 2.27. The van der Waals surface area contributed by atoms with Gasteiger partial charge in [-0.15, -0.1) is 0 Å². The molecular formula is C12H21N3O3S. The zero-order valence-electron chi connectivity index (χ0n) is 11.1. The second-order valence-electron chi connectivity index (χ2n) is 5.13. The summed E-state index contributed by atoms with van der Waals surface area (Å²) in [6, 6.07) is 1.48. The quantitative estimate of drug-likeness (QED) is 0.826. The predicted molar refractivity (Wildman–Crippen MR) is 70.9 cm³/mol. The Labute approximate surface area is 113 Å². The van der Waals surface area contributed by atoms with Gasteiger partial charge in [0.2, 0.25) is 0 Å². The molecule has 108 valence electrons. The van der Waals surface area contributed by atoms with Crippen molar-refractivity contribution in [3.63, 3.8) is 0 Å². The molecule has 1 aromatic rings. The maximum Gasteiger partial charge on any atom is 0.257 e. The zero-order valence-corrected chi connectivity index (χ0v) is 11.9. The Morgan fingerprint density at radius 1 is 1.42 bits per heavy atom. The monoisotopic (exact) mass is 287 g/mol. The number of nitrogens with one attached hydrogen (secondary N) is 1. The number of hydrogen-bond acceptors (Lipinski definition) is 4. The summed E-state index contributed by atoms with van der Waals surface area (Å²) in [4.78, 5) is 0. The average molecular weight is 287 g/mol. The third kappa shape index (κ3) is 3.34. The predicted octanol–water partition coefficient (Wildman–Crippen LogP) is 0.497. The molecule has 0 saturated heterocycles. The smallest absolute Gasteiger partial charge is 0.257 e. The SMILES string of the molecule is Cn1nccc1S(=O)(=O)NCC1CCCCC1CO. The molecule has 0 amide bonds. The van der Waals surface area contributed by atoms with E-state index in [1.54, 1.807) is 7.05 Å². The minimum absolute atomic E-state index is 0.137. The molecule has 0 bridgehead atoms. The zero-order chi connectivity index (χ0) is 13.9. The Morgan fingerprint density at radius 2 is 2.11 bits per heavy atom. The lowest BCUT2D eigenvalue weighted by Crippen LogP contribution is -2.36. The van der Waals surface area contributed by atoms with E-state index in [2.05, 4.69) is 9.82 Å². The number of hydrogen-bond donors (Lipinski definition) is 2. The summed E-state index contributed by atoms with van der Waals surface area (Å²) in [6.07, 6.45) is 5.64. The molecule has 1 aliphatic carbocycles. The summed E-state index contributed by atoms with van der Waals surface area (Å²) >= 11 is 0. The lowest BCUT2D eigenvalue weighted by atomic mass is 9.80. The summed E-state index contributed by atoms with van der Waals surface area (Å²) in [5, 5.41) is 13.4. The van der Waals surface area contributed by atoms with Gasteiger partial charge in [-0.3, -0.25) is 4.68 Å². The number of aliphatic hydroxyl groups excluding tert-OH is 1. The van der Waals surface area contributed by atoms with Crippen molar-refractivity contribution in [3.05, 3.63) is 12.3 Å². The van der Waals surface area contributed by atoms with Crippen molar-refractivity contribution < 1.29 is 13.5 Å². The molecule has 1 aliphatic rings. The van der Waals surface area contributed by atoms with E-state index in [4.69, 9.17) is 0 Å². The van der Waals surface area contributed by atoms with Crippen LogP contribution in [0.2, 0.25) is 0 Å². The highest BCUT2D eigenvalue weighted by Crippen LogP contribution is 2.29. The number of aliphatic hydroxyl groups is 1. The van der Waals surface area contributed by atoms with E-state index in [0.717, 1.165) is 25.7 Å². The summed E-state index contributed by atoms with van der Waals surface area (Å²) in [6.45, 7) is 0.525. The number of sulfonamides is 1. The van der Waals surface area contributed by atoms with Crippen LogP contribution in [0.3, 0.4) is 0 Å². The van der Waals surface area contributed by atoms with Crippen molar-refractivity contribution in [2.75, 3.05) is 13.2 Å². The summed E-state index contributed by atoms with van der Waals surface area (Å²) in [5.74, 6) is 0.435. The number of nitrogens with zero attached hydrogens (tertiary/aromatic N) is 2. The Kier molecular flexibility index (Phi) is 4.59. The van der Waals surface area contributed by atoms with Crippen molar-refractivity contribution in [2.24, 2.45) is 18.9 Å². The van der Waals surface area contributed by atoms with E-state index < -0.39 is 10.0 Å². The van der Waals surface area contributed by atoms with E-state index in [-0.39, 0.29) is 23.5 Å². The van der Waals surface area contributed by atoms with Crippen LogP contribution in [0.1, 0.15) is 25.7 Å². The third-order valence-corrected chi connectivity index (χ3v) is 5.39. The van der Waals surface area contributed by atoms with Crippen LogP contribution >= 0.6 is 0 Å². The second kappa shape index (κ2) is 6.02. The van der Waals surface area contributed by atoms with Crippen LogP contribution in [0, 0.1) is 11.8 Å². The molecule has 1 saturated carbocycles. The van der Waals surface area contributed by atoms with Crippen molar-refractivity contribution in [1.29, 1.82) is 0 Å². The minimum Gasteiger partial charge on any atom is -0.396 e. The Balaban J connectivity index is 2.00. The Morgan fingerprint density at radius 3 is 2.68 bits per heavy atom.